The monoisotopic (exact) mass is 491 g/mol. The third-order valence-electron chi connectivity index (χ3n) is 5.64. The Bertz CT molecular complexity index is 1320. The van der Waals surface area contributed by atoms with Gasteiger partial charge in [-0.2, -0.15) is 0 Å². The minimum atomic E-state index is -1.05. The molecule has 0 radical (unpaired) electrons. The van der Waals surface area contributed by atoms with Gasteiger partial charge in [0.2, 0.25) is 0 Å². The van der Waals surface area contributed by atoms with Gasteiger partial charge in [0.05, 0.1) is 0 Å². The molecule has 4 N–H and O–H groups in total. The second-order valence-electron chi connectivity index (χ2n) is 8.38. The summed E-state index contributed by atoms with van der Waals surface area (Å²) in [6.07, 6.45) is 3.32. The Morgan fingerprint density at radius 3 is 2.06 bits per heavy atom. The third kappa shape index (κ3) is 6.19. The number of benzene rings is 3. The van der Waals surface area contributed by atoms with Crippen LogP contribution >= 0.6 is 0 Å². The van der Waals surface area contributed by atoms with E-state index in [4.69, 9.17) is 5.21 Å². The Morgan fingerprint density at radius 2 is 1.44 bits per heavy atom. The Labute approximate surface area is 205 Å². The number of halogens is 2. The minimum absolute atomic E-state index is 0.0836. The molecule has 0 atom stereocenters. The molecule has 1 aliphatic rings. The molecule has 0 unspecified atom stereocenters. The zero-order valence-electron chi connectivity index (χ0n) is 19.1. The van der Waals surface area contributed by atoms with Crippen LogP contribution in [0.5, 0.6) is 0 Å². The number of rotatable bonds is 8. The van der Waals surface area contributed by atoms with Gasteiger partial charge >= 0.3 is 0 Å². The summed E-state index contributed by atoms with van der Waals surface area (Å²) in [5.74, 6) is -3.38. The first-order chi connectivity index (χ1) is 17.3. The molecule has 0 spiro atoms. The molecule has 3 amide bonds. The Hall–Kier alpha value is -4.37. The molecule has 0 aliphatic heterocycles. The lowest BCUT2D eigenvalue weighted by Crippen LogP contribution is -2.26. The summed E-state index contributed by atoms with van der Waals surface area (Å²) >= 11 is 0. The zero-order chi connectivity index (χ0) is 25.7. The van der Waals surface area contributed by atoms with Crippen molar-refractivity contribution in [1.82, 2.24) is 16.1 Å². The Morgan fingerprint density at radius 1 is 0.833 bits per heavy atom. The minimum Gasteiger partial charge on any atom is -0.349 e. The molecule has 0 bridgehead atoms. The smallest absolute Gasteiger partial charge is 0.274 e. The SMILES string of the molecule is O=C(NC1CC1)/C(=C\c1ccc(C(=O)NCc2ccc(C(=O)NO)cc2)cc1)c1ccc(F)c(F)c1. The molecule has 3 aromatic carbocycles. The highest BCUT2D eigenvalue weighted by Gasteiger charge is 2.25. The van der Waals surface area contributed by atoms with E-state index in [1.165, 1.54) is 18.2 Å². The fraction of sp³-hybridized carbons (Fsp3) is 0.148. The lowest BCUT2D eigenvalue weighted by atomic mass is 10.0. The van der Waals surface area contributed by atoms with Crippen LogP contribution in [0.15, 0.2) is 66.7 Å². The molecule has 184 valence electrons. The standard InChI is InChI=1S/C27H23F2N3O4/c28-23-12-9-20(14-24(23)29)22(27(35)31-21-10-11-21)13-16-1-5-18(6-2-16)25(33)30-15-17-3-7-19(8-4-17)26(34)32-36/h1-9,12-14,21,36H,10-11,15H2,(H,30,33)(H,31,35)(H,32,34)/b22-13-. The van der Waals surface area contributed by atoms with Crippen LogP contribution in [0.25, 0.3) is 11.6 Å². The van der Waals surface area contributed by atoms with Crippen LogP contribution in [-0.4, -0.2) is 29.0 Å². The van der Waals surface area contributed by atoms with Crippen molar-refractivity contribution < 1.29 is 28.4 Å². The first-order valence-corrected chi connectivity index (χ1v) is 11.2. The molecule has 1 fully saturated rings. The summed E-state index contributed by atoms with van der Waals surface area (Å²) < 4.78 is 27.2. The fourth-order valence-corrected chi connectivity index (χ4v) is 3.45. The molecule has 0 heterocycles. The fourth-order valence-electron chi connectivity index (χ4n) is 3.45. The lowest BCUT2D eigenvalue weighted by Gasteiger charge is -2.10. The second kappa shape index (κ2) is 10.9. The van der Waals surface area contributed by atoms with Gasteiger partial charge in [0.25, 0.3) is 17.7 Å². The molecule has 3 aromatic rings. The second-order valence-corrected chi connectivity index (χ2v) is 8.38. The molecular weight excluding hydrogens is 468 g/mol. The molecule has 7 nitrogen and oxygen atoms in total. The van der Waals surface area contributed by atoms with Gasteiger partial charge in [0.1, 0.15) is 0 Å². The van der Waals surface area contributed by atoms with Crippen LogP contribution in [0, 0.1) is 11.6 Å². The van der Waals surface area contributed by atoms with Crippen LogP contribution in [-0.2, 0) is 11.3 Å². The van der Waals surface area contributed by atoms with E-state index in [0.717, 1.165) is 30.5 Å². The summed E-state index contributed by atoms with van der Waals surface area (Å²) in [6, 6.07) is 16.3. The highest BCUT2D eigenvalue weighted by molar-refractivity contribution is 6.24. The molecule has 1 saturated carbocycles. The predicted molar refractivity (Wildman–Crippen MR) is 129 cm³/mol. The summed E-state index contributed by atoms with van der Waals surface area (Å²) in [5, 5.41) is 14.3. The molecule has 36 heavy (non-hydrogen) atoms. The maximum atomic E-state index is 13.8. The normalized spacial score (nSPS) is 13.1. The van der Waals surface area contributed by atoms with Crippen LogP contribution in [0.3, 0.4) is 0 Å². The molecule has 1 aliphatic carbocycles. The highest BCUT2D eigenvalue weighted by atomic mass is 19.2. The van der Waals surface area contributed by atoms with E-state index in [1.54, 1.807) is 48.0 Å². The van der Waals surface area contributed by atoms with Gasteiger partial charge in [-0.05, 0) is 72.0 Å². The largest absolute Gasteiger partial charge is 0.349 e. The lowest BCUT2D eigenvalue weighted by molar-refractivity contribution is -0.115. The van der Waals surface area contributed by atoms with Crippen molar-refractivity contribution in [3.63, 3.8) is 0 Å². The average molecular weight is 491 g/mol. The van der Waals surface area contributed by atoms with Crippen LogP contribution < -0.4 is 16.1 Å². The van der Waals surface area contributed by atoms with E-state index in [9.17, 15) is 23.2 Å². The van der Waals surface area contributed by atoms with Gasteiger partial charge in [-0.15, -0.1) is 0 Å². The van der Waals surface area contributed by atoms with E-state index in [2.05, 4.69) is 10.6 Å². The number of carbonyl (C=O) groups excluding carboxylic acids is 3. The van der Waals surface area contributed by atoms with E-state index in [-0.39, 0.29) is 41.1 Å². The van der Waals surface area contributed by atoms with Gasteiger partial charge in [-0.1, -0.05) is 30.3 Å². The van der Waals surface area contributed by atoms with Crippen molar-refractivity contribution in [3.05, 3.63) is 106 Å². The molecular formula is C27H23F2N3O4. The van der Waals surface area contributed by atoms with E-state index < -0.39 is 17.5 Å². The van der Waals surface area contributed by atoms with Crippen LogP contribution in [0.4, 0.5) is 8.78 Å². The Balaban J connectivity index is 1.46. The van der Waals surface area contributed by atoms with Crippen molar-refractivity contribution in [2.45, 2.75) is 25.4 Å². The molecule has 0 aromatic heterocycles. The molecule has 4 rings (SSSR count). The van der Waals surface area contributed by atoms with Crippen molar-refractivity contribution in [1.29, 1.82) is 0 Å². The van der Waals surface area contributed by atoms with Gasteiger partial charge in [-0.3, -0.25) is 19.6 Å². The number of carbonyl (C=O) groups is 3. The predicted octanol–water partition coefficient (Wildman–Crippen LogP) is 3.83. The maximum Gasteiger partial charge on any atom is 0.274 e. The van der Waals surface area contributed by atoms with E-state index in [0.29, 0.717) is 11.1 Å². The third-order valence-corrected chi connectivity index (χ3v) is 5.64. The van der Waals surface area contributed by atoms with Crippen LogP contribution in [0.1, 0.15) is 50.2 Å². The van der Waals surface area contributed by atoms with E-state index >= 15 is 0 Å². The van der Waals surface area contributed by atoms with Crippen molar-refractivity contribution in [3.8, 4) is 0 Å². The summed E-state index contributed by atoms with van der Waals surface area (Å²) in [7, 11) is 0. The van der Waals surface area contributed by atoms with Crippen molar-refractivity contribution in [2.75, 3.05) is 0 Å². The van der Waals surface area contributed by atoms with Crippen molar-refractivity contribution in [2.24, 2.45) is 0 Å². The van der Waals surface area contributed by atoms with Gasteiger partial charge in [-0.25, -0.2) is 14.3 Å². The number of hydroxylamine groups is 1. The Kier molecular flexibility index (Phi) is 7.50. The quantitative estimate of drug-likeness (QED) is 0.166. The number of hydrogen-bond acceptors (Lipinski definition) is 4. The van der Waals surface area contributed by atoms with Gasteiger partial charge in [0, 0.05) is 29.3 Å². The maximum absolute atomic E-state index is 13.8. The summed E-state index contributed by atoms with van der Waals surface area (Å²) in [4.78, 5) is 36.7. The van der Waals surface area contributed by atoms with E-state index in [1.807, 2.05) is 0 Å². The number of hydrogen-bond donors (Lipinski definition) is 4. The van der Waals surface area contributed by atoms with Crippen LogP contribution in [0.2, 0.25) is 0 Å². The number of amides is 3. The first kappa shape index (κ1) is 24.7. The average Bonchev–Trinajstić information content (AvgIpc) is 3.71. The van der Waals surface area contributed by atoms with Crippen molar-refractivity contribution >= 4 is 29.4 Å². The zero-order valence-corrected chi connectivity index (χ0v) is 19.1. The first-order valence-electron chi connectivity index (χ1n) is 11.2. The van der Waals surface area contributed by atoms with Gasteiger partial charge in [0.15, 0.2) is 11.6 Å². The summed E-state index contributed by atoms with van der Waals surface area (Å²) in [6.45, 7) is 0.225. The molecule has 0 saturated heterocycles. The van der Waals surface area contributed by atoms with Gasteiger partial charge < -0.3 is 10.6 Å². The summed E-state index contributed by atoms with van der Waals surface area (Å²) in [5.41, 5.74) is 4.03. The number of nitrogens with one attached hydrogen (secondary N) is 3. The molecule has 9 heteroatoms. The highest BCUT2D eigenvalue weighted by Crippen LogP contribution is 2.24. The topological polar surface area (TPSA) is 108 Å².